The molecule has 1 aliphatic rings. The number of carbonyl (C=O) groups excluding carboxylic acids is 3. The molecule has 1 heterocycles. The van der Waals surface area contributed by atoms with Gasteiger partial charge in [0.1, 0.15) is 6.54 Å². The molecule has 3 amide bonds. The zero-order chi connectivity index (χ0) is 19.4. The van der Waals surface area contributed by atoms with E-state index in [-0.39, 0.29) is 24.3 Å². The summed E-state index contributed by atoms with van der Waals surface area (Å²) < 4.78 is 0. The van der Waals surface area contributed by atoms with Gasteiger partial charge >= 0.3 is 0 Å². The molecule has 2 aromatic carbocycles. The van der Waals surface area contributed by atoms with Crippen LogP contribution in [0.3, 0.4) is 0 Å². The lowest BCUT2D eigenvalue weighted by Gasteiger charge is -2.31. The third kappa shape index (κ3) is 4.53. The smallest absolute Gasteiger partial charge is 0.242 e. The molecule has 0 unspecified atom stereocenters. The first-order valence-corrected chi connectivity index (χ1v) is 8.94. The van der Waals surface area contributed by atoms with E-state index in [1.54, 1.807) is 29.2 Å². The molecule has 3 rings (SSSR count). The highest BCUT2D eigenvalue weighted by Gasteiger charge is 2.24. The van der Waals surface area contributed by atoms with Gasteiger partial charge in [-0.2, -0.15) is 0 Å². The van der Waals surface area contributed by atoms with Crippen molar-refractivity contribution in [2.24, 2.45) is 0 Å². The van der Waals surface area contributed by atoms with E-state index < -0.39 is 0 Å². The minimum Gasteiger partial charge on any atom is -0.336 e. The lowest BCUT2D eigenvalue weighted by atomic mass is 10.00. The molecule has 140 valence electrons. The van der Waals surface area contributed by atoms with Gasteiger partial charge in [-0.1, -0.05) is 30.3 Å². The third-order valence-electron chi connectivity index (χ3n) is 4.64. The molecule has 0 atom stereocenters. The standard InChI is InChI=1S/C21H23N3O3/c1-15(25)22-19-8-5-9-20(12-19)24(16(2)26)14-21(27)23-11-10-17-6-3-4-7-18(17)13-23/h3-9,12H,10-11,13-14H2,1-2H3,(H,22,25). The number of nitrogens with one attached hydrogen (secondary N) is 1. The van der Waals surface area contributed by atoms with Crippen molar-refractivity contribution in [2.45, 2.75) is 26.8 Å². The lowest BCUT2D eigenvalue weighted by Crippen LogP contribution is -2.44. The van der Waals surface area contributed by atoms with Crippen LogP contribution in [0, 0.1) is 0 Å². The topological polar surface area (TPSA) is 69.7 Å². The van der Waals surface area contributed by atoms with Crippen LogP contribution in [0.1, 0.15) is 25.0 Å². The van der Waals surface area contributed by atoms with Gasteiger partial charge in [0, 0.05) is 38.3 Å². The second-order valence-electron chi connectivity index (χ2n) is 6.67. The monoisotopic (exact) mass is 365 g/mol. The van der Waals surface area contributed by atoms with Crippen LogP contribution >= 0.6 is 0 Å². The zero-order valence-corrected chi connectivity index (χ0v) is 15.6. The summed E-state index contributed by atoms with van der Waals surface area (Å²) in [6.07, 6.45) is 0.819. The van der Waals surface area contributed by atoms with E-state index in [1.807, 2.05) is 18.2 Å². The Balaban J connectivity index is 1.74. The molecule has 0 spiro atoms. The number of nitrogens with zero attached hydrogens (tertiary/aromatic N) is 2. The number of amides is 3. The van der Waals surface area contributed by atoms with Crippen LogP contribution < -0.4 is 10.2 Å². The molecule has 0 fully saturated rings. The van der Waals surface area contributed by atoms with Crippen LogP contribution in [0.15, 0.2) is 48.5 Å². The van der Waals surface area contributed by atoms with Gasteiger partial charge in [-0.15, -0.1) is 0 Å². The van der Waals surface area contributed by atoms with E-state index in [0.717, 1.165) is 12.0 Å². The fourth-order valence-electron chi connectivity index (χ4n) is 3.28. The summed E-state index contributed by atoms with van der Waals surface area (Å²) in [4.78, 5) is 39.5. The molecule has 0 radical (unpaired) electrons. The van der Waals surface area contributed by atoms with Gasteiger partial charge in [0.05, 0.1) is 0 Å². The Morgan fingerprint density at radius 3 is 2.48 bits per heavy atom. The van der Waals surface area contributed by atoms with Crippen molar-refractivity contribution < 1.29 is 14.4 Å². The minimum absolute atomic E-state index is 0.0268. The molecule has 27 heavy (non-hydrogen) atoms. The molecule has 2 aromatic rings. The van der Waals surface area contributed by atoms with Crippen LogP contribution in [-0.4, -0.2) is 35.7 Å². The van der Waals surface area contributed by atoms with Crippen molar-refractivity contribution in [3.8, 4) is 0 Å². The van der Waals surface area contributed by atoms with Crippen LogP contribution in [-0.2, 0) is 27.3 Å². The summed E-state index contributed by atoms with van der Waals surface area (Å²) in [5, 5.41) is 2.69. The minimum atomic E-state index is -0.222. The number of fused-ring (bicyclic) bond motifs is 1. The molecular formula is C21H23N3O3. The molecule has 0 aliphatic carbocycles. The van der Waals surface area contributed by atoms with Gasteiger partial charge in [0.25, 0.3) is 0 Å². The highest BCUT2D eigenvalue weighted by atomic mass is 16.2. The lowest BCUT2D eigenvalue weighted by molar-refractivity contribution is -0.132. The van der Waals surface area contributed by atoms with Crippen molar-refractivity contribution in [3.05, 3.63) is 59.7 Å². The fraction of sp³-hybridized carbons (Fsp3) is 0.286. The summed E-state index contributed by atoms with van der Waals surface area (Å²) in [6.45, 7) is 4.04. The molecule has 0 bridgehead atoms. The van der Waals surface area contributed by atoms with Crippen LogP contribution in [0.2, 0.25) is 0 Å². The van der Waals surface area contributed by atoms with Gasteiger partial charge < -0.3 is 15.1 Å². The maximum Gasteiger partial charge on any atom is 0.242 e. The average molecular weight is 365 g/mol. The zero-order valence-electron chi connectivity index (χ0n) is 15.6. The normalized spacial score (nSPS) is 12.9. The Bertz CT molecular complexity index is 878. The Kier molecular flexibility index (Phi) is 5.54. The average Bonchev–Trinajstić information content (AvgIpc) is 2.65. The summed E-state index contributed by atoms with van der Waals surface area (Å²) in [6, 6.07) is 15.1. The summed E-state index contributed by atoms with van der Waals surface area (Å²) in [5.41, 5.74) is 3.59. The van der Waals surface area contributed by atoms with Crippen LogP contribution in [0.5, 0.6) is 0 Å². The first-order valence-electron chi connectivity index (χ1n) is 8.94. The Labute approximate surface area is 158 Å². The maximum atomic E-state index is 12.8. The maximum absolute atomic E-state index is 12.8. The van der Waals surface area contributed by atoms with E-state index in [2.05, 4.69) is 11.4 Å². The highest BCUT2D eigenvalue weighted by molar-refractivity contribution is 5.98. The van der Waals surface area contributed by atoms with E-state index >= 15 is 0 Å². The molecular weight excluding hydrogens is 342 g/mol. The molecule has 0 aromatic heterocycles. The summed E-state index contributed by atoms with van der Waals surface area (Å²) in [5.74, 6) is -0.505. The fourth-order valence-corrected chi connectivity index (χ4v) is 3.28. The van der Waals surface area contributed by atoms with Crippen molar-refractivity contribution in [3.63, 3.8) is 0 Å². The number of anilines is 2. The van der Waals surface area contributed by atoms with Crippen molar-refractivity contribution in [2.75, 3.05) is 23.3 Å². The quantitative estimate of drug-likeness (QED) is 0.905. The molecule has 6 nitrogen and oxygen atoms in total. The van der Waals surface area contributed by atoms with E-state index in [1.165, 1.54) is 24.3 Å². The van der Waals surface area contributed by atoms with Gasteiger partial charge in [0.15, 0.2) is 0 Å². The summed E-state index contributed by atoms with van der Waals surface area (Å²) in [7, 11) is 0. The molecule has 6 heteroatoms. The predicted octanol–water partition coefficient (Wildman–Crippen LogP) is 2.58. The molecule has 0 saturated heterocycles. The highest BCUT2D eigenvalue weighted by Crippen LogP contribution is 2.22. The van der Waals surface area contributed by atoms with E-state index in [0.29, 0.717) is 24.5 Å². The second kappa shape index (κ2) is 8.03. The first-order chi connectivity index (χ1) is 12.9. The third-order valence-corrected chi connectivity index (χ3v) is 4.64. The molecule has 1 aliphatic heterocycles. The Hall–Kier alpha value is -3.15. The van der Waals surface area contributed by atoms with Crippen LogP contribution in [0.25, 0.3) is 0 Å². The first kappa shape index (κ1) is 18.6. The summed E-state index contributed by atoms with van der Waals surface area (Å²) >= 11 is 0. The second-order valence-corrected chi connectivity index (χ2v) is 6.67. The van der Waals surface area contributed by atoms with Crippen molar-refractivity contribution in [1.82, 2.24) is 4.90 Å². The largest absolute Gasteiger partial charge is 0.336 e. The van der Waals surface area contributed by atoms with Gasteiger partial charge in [-0.3, -0.25) is 14.4 Å². The van der Waals surface area contributed by atoms with Crippen molar-refractivity contribution in [1.29, 1.82) is 0 Å². The van der Waals surface area contributed by atoms with E-state index in [9.17, 15) is 14.4 Å². The van der Waals surface area contributed by atoms with Crippen LogP contribution in [0.4, 0.5) is 11.4 Å². The SMILES string of the molecule is CC(=O)Nc1cccc(N(CC(=O)N2CCc3ccccc3C2)C(C)=O)c1. The predicted molar refractivity (Wildman–Crippen MR) is 104 cm³/mol. The van der Waals surface area contributed by atoms with Gasteiger partial charge in [0.2, 0.25) is 17.7 Å². The number of rotatable bonds is 4. The Morgan fingerprint density at radius 2 is 1.78 bits per heavy atom. The number of benzene rings is 2. The Morgan fingerprint density at radius 1 is 1.04 bits per heavy atom. The molecule has 1 N–H and O–H groups in total. The molecule has 0 saturated carbocycles. The van der Waals surface area contributed by atoms with Gasteiger partial charge in [-0.25, -0.2) is 0 Å². The van der Waals surface area contributed by atoms with Gasteiger partial charge in [-0.05, 0) is 35.7 Å². The number of hydrogen-bond acceptors (Lipinski definition) is 3. The van der Waals surface area contributed by atoms with E-state index in [4.69, 9.17) is 0 Å². The number of carbonyl (C=O) groups is 3. The number of hydrogen-bond donors (Lipinski definition) is 1. The van der Waals surface area contributed by atoms with Crippen molar-refractivity contribution >= 4 is 29.1 Å².